The highest BCUT2D eigenvalue weighted by Gasteiger charge is 2.45. The number of hydrogen-bond donors (Lipinski definition) is 1. The summed E-state index contributed by atoms with van der Waals surface area (Å²) in [6, 6.07) is 12.9. The van der Waals surface area contributed by atoms with Crippen LogP contribution in [0.15, 0.2) is 48.5 Å². The molecule has 0 spiro atoms. The minimum atomic E-state index is -1.33. The smallest absolute Gasteiger partial charge is 0.314 e. The average molecular weight is 424 g/mol. The van der Waals surface area contributed by atoms with Gasteiger partial charge in [0.15, 0.2) is 0 Å². The lowest BCUT2D eigenvalue weighted by Crippen LogP contribution is -2.49. The summed E-state index contributed by atoms with van der Waals surface area (Å²) >= 11 is 0. The summed E-state index contributed by atoms with van der Waals surface area (Å²) < 4.78 is 14.3. The summed E-state index contributed by atoms with van der Waals surface area (Å²) in [5.41, 5.74) is 0.108. The molecule has 2 amide bonds. The first-order chi connectivity index (χ1) is 14.9. The molecule has 2 heterocycles. The fraction of sp³-hybridized carbons (Fsp3) is 0.375. The van der Waals surface area contributed by atoms with Crippen molar-refractivity contribution < 1.29 is 23.9 Å². The number of nitrogens with zero attached hydrogens (tertiary/aromatic N) is 2. The molecular weight excluding hydrogens is 399 g/mol. The molecule has 0 bridgehead atoms. The van der Waals surface area contributed by atoms with Crippen LogP contribution in [0.1, 0.15) is 48.0 Å². The maximum absolute atomic E-state index is 14.3. The fourth-order valence-corrected chi connectivity index (χ4v) is 4.58. The number of aliphatic carboxylic acids is 1. The highest BCUT2D eigenvalue weighted by molar-refractivity contribution is 5.97. The first-order valence-electron chi connectivity index (χ1n) is 10.6. The van der Waals surface area contributed by atoms with Crippen LogP contribution in [0.4, 0.5) is 10.1 Å². The Bertz CT molecular complexity index is 997. The summed E-state index contributed by atoms with van der Waals surface area (Å²) in [6.07, 6.45) is 2.71. The van der Waals surface area contributed by atoms with Crippen LogP contribution in [0.25, 0.3) is 0 Å². The zero-order chi connectivity index (χ0) is 22.0. The maximum Gasteiger partial charge on any atom is 0.314 e. The molecule has 162 valence electrons. The first-order valence-corrected chi connectivity index (χ1v) is 10.6. The molecule has 31 heavy (non-hydrogen) atoms. The standard InChI is InChI=1S/C24H25FN2O4/c25-20-6-2-1-5-19(20)24(23(30)31)12-15-26(16-13-24)22(29)17-8-10-18(11-9-17)27-14-4-3-7-21(27)28/h1-2,5-6,8-11H,3-4,7,12-16H2,(H,30,31). The summed E-state index contributed by atoms with van der Waals surface area (Å²) in [6.45, 7) is 1.14. The van der Waals surface area contributed by atoms with Gasteiger partial charge in [-0.15, -0.1) is 0 Å². The molecule has 2 aliphatic rings. The van der Waals surface area contributed by atoms with Crippen molar-refractivity contribution in [1.29, 1.82) is 0 Å². The van der Waals surface area contributed by atoms with Crippen molar-refractivity contribution >= 4 is 23.5 Å². The third-order valence-electron chi connectivity index (χ3n) is 6.45. The molecule has 2 aliphatic heterocycles. The summed E-state index contributed by atoms with van der Waals surface area (Å²) in [5.74, 6) is -1.70. The molecule has 2 saturated heterocycles. The summed E-state index contributed by atoms with van der Waals surface area (Å²) in [4.78, 5) is 40.5. The number of carbonyl (C=O) groups is 3. The first kappa shape index (κ1) is 21.0. The predicted molar refractivity (Wildman–Crippen MR) is 113 cm³/mol. The van der Waals surface area contributed by atoms with E-state index in [2.05, 4.69) is 0 Å². The van der Waals surface area contributed by atoms with Crippen molar-refractivity contribution in [2.75, 3.05) is 24.5 Å². The van der Waals surface area contributed by atoms with Gasteiger partial charge in [0.2, 0.25) is 5.91 Å². The molecule has 2 aromatic rings. The molecule has 1 N–H and O–H groups in total. The number of likely N-dealkylation sites (tertiary alicyclic amines) is 1. The summed E-state index contributed by atoms with van der Waals surface area (Å²) in [5, 5.41) is 9.88. The highest BCUT2D eigenvalue weighted by Crippen LogP contribution is 2.37. The lowest BCUT2D eigenvalue weighted by molar-refractivity contribution is -0.145. The van der Waals surface area contributed by atoms with Crippen molar-refractivity contribution in [3.05, 3.63) is 65.5 Å². The second kappa shape index (κ2) is 8.49. The van der Waals surface area contributed by atoms with E-state index < -0.39 is 17.2 Å². The monoisotopic (exact) mass is 424 g/mol. The van der Waals surface area contributed by atoms with E-state index in [9.17, 15) is 23.9 Å². The number of piperidine rings is 2. The van der Waals surface area contributed by atoms with Crippen molar-refractivity contribution in [3.63, 3.8) is 0 Å². The molecule has 7 heteroatoms. The second-order valence-electron chi connectivity index (χ2n) is 8.21. The Hall–Kier alpha value is -3.22. The molecule has 2 aromatic carbocycles. The van der Waals surface area contributed by atoms with E-state index in [1.165, 1.54) is 18.2 Å². The van der Waals surface area contributed by atoms with E-state index in [0.717, 1.165) is 18.5 Å². The molecule has 0 radical (unpaired) electrons. The number of anilines is 1. The Morgan fingerprint density at radius 1 is 0.935 bits per heavy atom. The fourth-order valence-electron chi connectivity index (χ4n) is 4.58. The molecule has 6 nitrogen and oxygen atoms in total. The molecule has 2 fully saturated rings. The van der Waals surface area contributed by atoms with Crippen LogP contribution in [-0.2, 0) is 15.0 Å². The van der Waals surface area contributed by atoms with Gasteiger partial charge < -0.3 is 14.9 Å². The van der Waals surface area contributed by atoms with Gasteiger partial charge in [0, 0.05) is 42.9 Å². The van der Waals surface area contributed by atoms with Crippen molar-refractivity contribution in [2.45, 2.75) is 37.5 Å². The van der Waals surface area contributed by atoms with Crippen molar-refractivity contribution in [2.24, 2.45) is 0 Å². The SMILES string of the molecule is O=C(c1ccc(N2CCCCC2=O)cc1)N1CCC(C(=O)O)(c2ccccc2F)CC1. The number of hydrogen-bond acceptors (Lipinski definition) is 3. The van der Waals surface area contributed by atoms with Crippen LogP contribution in [-0.4, -0.2) is 47.4 Å². The molecule has 0 unspecified atom stereocenters. The van der Waals surface area contributed by atoms with Crippen LogP contribution < -0.4 is 4.90 Å². The van der Waals surface area contributed by atoms with Gasteiger partial charge in [-0.25, -0.2) is 4.39 Å². The van der Waals surface area contributed by atoms with Crippen molar-refractivity contribution in [3.8, 4) is 0 Å². The maximum atomic E-state index is 14.3. The van der Waals surface area contributed by atoms with Crippen LogP contribution in [0, 0.1) is 5.82 Å². The molecular formula is C24H25FN2O4. The third kappa shape index (κ3) is 3.92. The van der Waals surface area contributed by atoms with Crippen LogP contribution in [0.2, 0.25) is 0 Å². The van der Waals surface area contributed by atoms with Gasteiger partial charge in [-0.05, 0) is 56.0 Å². The van der Waals surface area contributed by atoms with E-state index in [-0.39, 0.29) is 43.3 Å². The van der Waals surface area contributed by atoms with E-state index >= 15 is 0 Å². The van der Waals surface area contributed by atoms with Gasteiger partial charge in [0.25, 0.3) is 5.91 Å². The number of benzene rings is 2. The van der Waals surface area contributed by atoms with Gasteiger partial charge in [-0.3, -0.25) is 14.4 Å². The van der Waals surface area contributed by atoms with Crippen LogP contribution in [0.3, 0.4) is 0 Å². The zero-order valence-corrected chi connectivity index (χ0v) is 17.2. The van der Waals surface area contributed by atoms with E-state index in [1.54, 1.807) is 40.1 Å². The zero-order valence-electron chi connectivity index (χ0n) is 17.2. The average Bonchev–Trinajstić information content (AvgIpc) is 2.79. The molecule has 0 saturated carbocycles. The lowest BCUT2D eigenvalue weighted by atomic mass is 9.72. The Kier molecular flexibility index (Phi) is 5.76. The quantitative estimate of drug-likeness (QED) is 0.814. The minimum Gasteiger partial charge on any atom is -0.481 e. The molecule has 0 aliphatic carbocycles. The minimum absolute atomic E-state index is 0.0968. The van der Waals surface area contributed by atoms with E-state index in [0.29, 0.717) is 18.5 Å². The van der Waals surface area contributed by atoms with Crippen LogP contribution in [0.5, 0.6) is 0 Å². The van der Waals surface area contributed by atoms with E-state index in [4.69, 9.17) is 0 Å². The number of halogens is 1. The third-order valence-corrected chi connectivity index (χ3v) is 6.45. The molecule has 0 aromatic heterocycles. The van der Waals surface area contributed by atoms with E-state index in [1.807, 2.05) is 0 Å². The Morgan fingerprint density at radius 2 is 1.61 bits per heavy atom. The lowest BCUT2D eigenvalue weighted by Gasteiger charge is -2.39. The number of carboxylic acid groups (broad SMARTS) is 1. The second-order valence-corrected chi connectivity index (χ2v) is 8.21. The number of rotatable bonds is 4. The Morgan fingerprint density at radius 3 is 2.23 bits per heavy atom. The predicted octanol–water partition coefficient (Wildman–Crippen LogP) is 3.60. The topological polar surface area (TPSA) is 77.9 Å². The van der Waals surface area contributed by atoms with Gasteiger partial charge in [-0.1, -0.05) is 18.2 Å². The van der Waals surface area contributed by atoms with Crippen molar-refractivity contribution in [1.82, 2.24) is 4.90 Å². The van der Waals surface area contributed by atoms with Crippen LogP contribution >= 0.6 is 0 Å². The largest absolute Gasteiger partial charge is 0.481 e. The van der Waals surface area contributed by atoms with Gasteiger partial charge in [-0.2, -0.15) is 0 Å². The number of carboxylic acids is 1. The Labute approximate surface area is 180 Å². The summed E-state index contributed by atoms with van der Waals surface area (Å²) in [7, 11) is 0. The highest BCUT2D eigenvalue weighted by atomic mass is 19.1. The van der Waals surface area contributed by atoms with Gasteiger partial charge >= 0.3 is 5.97 Å². The number of amides is 2. The normalized spacial score (nSPS) is 18.7. The number of carbonyl (C=O) groups excluding carboxylic acids is 2. The van der Waals surface area contributed by atoms with Gasteiger partial charge in [0.05, 0.1) is 5.41 Å². The van der Waals surface area contributed by atoms with Gasteiger partial charge in [0.1, 0.15) is 5.82 Å². The molecule has 4 rings (SSSR count). The molecule has 0 atom stereocenters. The Balaban J connectivity index is 1.47.